The lowest BCUT2D eigenvalue weighted by molar-refractivity contribution is 0.112. The second-order valence-corrected chi connectivity index (χ2v) is 9.81. The number of nitrogens with zero attached hydrogens (tertiary/aromatic N) is 1. The number of hydrogen-bond donors (Lipinski definition) is 3. The highest BCUT2D eigenvalue weighted by Crippen LogP contribution is 2.35. The maximum Gasteiger partial charge on any atom is 0.487 e. The van der Waals surface area contributed by atoms with Crippen molar-refractivity contribution in [3.63, 3.8) is 0 Å². The van der Waals surface area contributed by atoms with Crippen molar-refractivity contribution in [2.75, 3.05) is 37.0 Å². The zero-order valence-corrected chi connectivity index (χ0v) is 22.4. The molecule has 0 amide bonds. The van der Waals surface area contributed by atoms with Crippen molar-refractivity contribution in [2.45, 2.75) is 39.7 Å². The molecule has 9 heteroatoms. The van der Waals surface area contributed by atoms with Gasteiger partial charge in [-0.25, -0.2) is 0 Å². The molecule has 2 aliphatic heterocycles. The Labute approximate surface area is 223 Å². The molecule has 0 bridgehead atoms. The van der Waals surface area contributed by atoms with Gasteiger partial charge in [-0.3, -0.25) is 9.59 Å². The normalized spacial score (nSPS) is 16.6. The van der Waals surface area contributed by atoms with Gasteiger partial charge in [0.2, 0.25) is 5.88 Å². The van der Waals surface area contributed by atoms with E-state index >= 15 is 0 Å². The van der Waals surface area contributed by atoms with Crippen LogP contribution in [0.4, 0.5) is 11.6 Å². The van der Waals surface area contributed by atoms with Gasteiger partial charge < -0.3 is 29.4 Å². The number of carbonyl (C=O) groups excluding carboxylic acids is 1. The monoisotopic (exact) mass is 518 g/mol. The number of aliphatic hydroxyl groups is 1. The first-order chi connectivity index (χ1) is 18.4. The number of anilines is 2. The highest BCUT2D eigenvalue weighted by Gasteiger charge is 2.34. The van der Waals surface area contributed by atoms with Crippen LogP contribution in [-0.4, -0.2) is 50.3 Å². The Hall–Kier alpha value is -3.40. The molecule has 0 radical (unpaired) electrons. The van der Waals surface area contributed by atoms with E-state index in [9.17, 15) is 14.6 Å². The summed E-state index contributed by atoms with van der Waals surface area (Å²) in [6, 6.07) is 11.1. The standard InChI is InChI=1S/C28H31BN2O5.CH4O/c1-17-14-22(19(3)30-25-7-5-4-6-21(25)16-32)27-23(15-17)26(33)18(2)28(36-27)31-11-8-20(9-12-31)24-10-13-35-29(24)34;1-2/h4-7,10,14-16,19-20,30,34H,8-9,11-13H2,1-3H3;2H,1H3. The number of para-hydroxylation sites is 1. The van der Waals surface area contributed by atoms with Crippen LogP contribution in [0, 0.1) is 19.8 Å². The Bertz CT molecular complexity index is 1390. The average Bonchev–Trinajstić information content (AvgIpc) is 3.37. The molecule has 3 aromatic rings. The molecule has 1 aromatic heterocycles. The highest BCUT2D eigenvalue weighted by molar-refractivity contribution is 6.53. The number of benzene rings is 2. The van der Waals surface area contributed by atoms with Crippen molar-refractivity contribution < 1.29 is 24.0 Å². The van der Waals surface area contributed by atoms with Crippen LogP contribution in [0.3, 0.4) is 0 Å². The van der Waals surface area contributed by atoms with E-state index < -0.39 is 7.12 Å². The van der Waals surface area contributed by atoms with Crippen LogP contribution >= 0.6 is 0 Å². The first kappa shape index (κ1) is 27.6. The van der Waals surface area contributed by atoms with E-state index in [-0.39, 0.29) is 17.4 Å². The molecular formula is C29H35BN2O6. The lowest BCUT2D eigenvalue weighted by Gasteiger charge is -2.34. The number of fused-ring (bicyclic) bond motifs is 1. The molecular weight excluding hydrogens is 483 g/mol. The van der Waals surface area contributed by atoms with Gasteiger partial charge in [-0.05, 0) is 68.8 Å². The van der Waals surface area contributed by atoms with Gasteiger partial charge in [-0.2, -0.15) is 0 Å². The van der Waals surface area contributed by atoms with Crippen LogP contribution in [0.5, 0.6) is 0 Å². The van der Waals surface area contributed by atoms with E-state index in [0.29, 0.717) is 34.6 Å². The molecule has 200 valence electrons. The van der Waals surface area contributed by atoms with Crippen LogP contribution in [0.25, 0.3) is 11.0 Å². The SMILES string of the molecule is CO.Cc1cc(C(C)Nc2ccccc2C=O)c2oc(N3CCC(C4=CCOB4O)CC3)c(C)c(=O)c2c1. The van der Waals surface area contributed by atoms with Crippen LogP contribution in [-0.2, 0) is 4.65 Å². The summed E-state index contributed by atoms with van der Waals surface area (Å²) in [5.41, 5.74) is 5.28. The topological polar surface area (TPSA) is 112 Å². The minimum atomic E-state index is -0.800. The summed E-state index contributed by atoms with van der Waals surface area (Å²) in [7, 11) is 0.200. The lowest BCUT2D eigenvalue weighted by atomic mass is 9.69. The molecule has 2 aliphatic rings. The number of piperidine rings is 1. The van der Waals surface area contributed by atoms with Crippen molar-refractivity contribution in [2.24, 2.45) is 5.92 Å². The van der Waals surface area contributed by atoms with Crippen LogP contribution in [0.1, 0.15) is 52.9 Å². The number of carbonyl (C=O) groups is 1. The predicted octanol–water partition coefficient (Wildman–Crippen LogP) is 4.20. The summed E-state index contributed by atoms with van der Waals surface area (Å²) in [5, 5.41) is 21.1. The highest BCUT2D eigenvalue weighted by atomic mass is 16.5. The largest absolute Gasteiger partial charge is 0.487 e. The number of hydrogen-bond acceptors (Lipinski definition) is 8. The molecule has 8 nitrogen and oxygen atoms in total. The summed E-state index contributed by atoms with van der Waals surface area (Å²) < 4.78 is 11.8. The lowest BCUT2D eigenvalue weighted by Crippen LogP contribution is -2.37. The second-order valence-electron chi connectivity index (χ2n) is 9.81. The molecule has 0 spiro atoms. The number of allylic oxidation sites excluding steroid dienone is 1. The van der Waals surface area contributed by atoms with E-state index in [0.717, 1.165) is 61.6 Å². The van der Waals surface area contributed by atoms with E-state index in [1.165, 1.54) is 0 Å². The predicted molar refractivity (Wildman–Crippen MR) is 151 cm³/mol. The third kappa shape index (κ3) is 5.41. The first-order valence-electron chi connectivity index (χ1n) is 13.0. The number of rotatable bonds is 6. The summed E-state index contributed by atoms with van der Waals surface area (Å²) in [4.78, 5) is 27.1. The summed E-state index contributed by atoms with van der Waals surface area (Å²) >= 11 is 0. The molecule has 1 unspecified atom stereocenters. The number of nitrogens with one attached hydrogen (secondary N) is 1. The fourth-order valence-corrected chi connectivity index (χ4v) is 5.44. The quantitative estimate of drug-likeness (QED) is 0.329. The molecule has 3 N–H and O–H groups in total. The average molecular weight is 518 g/mol. The molecule has 3 heterocycles. The van der Waals surface area contributed by atoms with Gasteiger partial charge in [-0.15, -0.1) is 0 Å². The van der Waals surface area contributed by atoms with Crippen LogP contribution < -0.4 is 15.6 Å². The van der Waals surface area contributed by atoms with Crippen molar-refractivity contribution >= 4 is 35.9 Å². The van der Waals surface area contributed by atoms with E-state index in [2.05, 4.69) is 10.2 Å². The van der Waals surface area contributed by atoms with Gasteiger partial charge in [0.1, 0.15) is 5.58 Å². The van der Waals surface area contributed by atoms with Crippen LogP contribution in [0.15, 0.2) is 57.2 Å². The van der Waals surface area contributed by atoms with Crippen molar-refractivity contribution in [3.8, 4) is 0 Å². The minimum absolute atomic E-state index is 0.0267. The zero-order chi connectivity index (χ0) is 27.4. The molecule has 38 heavy (non-hydrogen) atoms. The van der Waals surface area contributed by atoms with Crippen molar-refractivity contribution in [1.29, 1.82) is 0 Å². The molecule has 2 aromatic carbocycles. The Morgan fingerprint density at radius 1 is 1.16 bits per heavy atom. The van der Waals surface area contributed by atoms with Gasteiger partial charge in [0.05, 0.1) is 17.0 Å². The van der Waals surface area contributed by atoms with E-state index in [4.69, 9.17) is 14.2 Å². The summed E-state index contributed by atoms with van der Waals surface area (Å²) in [6.07, 6.45) is 4.53. The third-order valence-electron chi connectivity index (χ3n) is 7.40. The maximum atomic E-state index is 13.5. The third-order valence-corrected chi connectivity index (χ3v) is 7.40. The van der Waals surface area contributed by atoms with Gasteiger partial charge in [0, 0.05) is 43.6 Å². The number of aryl methyl sites for hydroxylation is 1. The van der Waals surface area contributed by atoms with Gasteiger partial charge in [-0.1, -0.05) is 24.3 Å². The minimum Gasteiger partial charge on any atom is -0.440 e. The Kier molecular flexibility index (Phi) is 8.71. The fraction of sp³-hybridized carbons (Fsp3) is 0.379. The van der Waals surface area contributed by atoms with Gasteiger partial charge in [0.15, 0.2) is 11.7 Å². The summed E-state index contributed by atoms with van der Waals surface area (Å²) in [5.74, 6) is 0.875. The molecule has 0 aliphatic carbocycles. The van der Waals surface area contributed by atoms with Gasteiger partial charge in [0.25, 0.3) is 0 Å². The van der Waals surface area contributed by atoms with Crippen molar-refractivity contribution in [3.05, 3.63) is 80.4 Å². The molecule has 5 rings (SSSR count). The Morgan fingerprint density at radius 2 is 1.87 bits per heavy atom. The van der Waals surface area contributed by atoms with Crippen LogP contribution in [0.2, 0.25) is 0 Å². The maximum absolute atomic E-state index is 13.5. The van der Waals surface area contributed by atoms with Crippen molar-refractivity contribution in [1.82, 2.24) is 0 Å². The zero-order valence-electron chi connectivity index (χ0n) is 22.4. The number of aliphatic hydroxyl groups excluding tert-OH is 1. The first-order valence-corrected chi connectivity index (χ1v) is 13.0. The smallest absolute Gasteiger partial charge is 0.440 e. The van der Waals surface area contributed by atoms with E-state index in [1.807, 2.05) is 57.2 Å². The number of aldehydes is 1. The molecule has 0 saturated carbocycles. The van der Waals surface area contributed by atoms with Gasteiger partial charge >= 0.3 is 7.12 Å². The summed E-state index contributed by atoms with van der Waals surface area (Å²) in [6.45, 7) is 7.72. The fourth-order valence-electron chi connectivity index (χ4n) is 5.44. The Morgan fingerprint density at radius 3 is 2.53 bits per heavy atom. The second kappa shape index (κ2) is 12.0. The molecule has 1 atom stereocenters. The van der Waals surface area contributed by atoms with E-state index in [1.54, 1.807) is 6.07 Å². The molecule has 1 saturated heterocycles. The Balaban J connectivity index is 0.00000164. The molecule has 1 fully saturated rings.